The zero-order valence-electron chi connectivity index (χ0n) is 9.83. The van der Waals surface area contributed by atoms with Crippen molar-refractivity contribution < 1.29 is 15.0 Å². The molecule has 0 aliphatic rings. The summed E-state index contributed by atoms with van der Waals surface area (Å²) in [5.74, 6) is 0.157. The fourth-order valence-electron chi connectivity index (χ4n) is 1.69. The molecule has 6 heteroatoms. The van der Waals surface area contributed by atoms with Crippen LogP contribution in [-0.4, -0.2) is 37.4 Å². The Kier molecular flexibility index (Phi) is 4.00. The lowest BCUT2D eigenvalue weighted by molar-refractivity contribution is -0.109. The minimum absolute atomic E-state index is 0.0873. The molecule has 1 heterocycles. The van der Waals surface area contributed by atoms with Gasteiger partial charge in [-0.25, -0.2) is 0 Å². The number of para-hydroxylation sites is 1. The molecular weight excluding hydrogens is 252 g/mol. The molecule has 2 aromatic rings. The number of H-pyrrole nitrogens is 1. The number of fused-ring (bicyclic) bond motifs is 1. The number of thioether (sulfide) groups is 1. The highest BCUT2D eigenvalue weighted by molar-refractivity contribution is 8.13. The van der Waals surface area contributed by atoms with Gasteiger partial charge >= 0.3 is 0 Å². The third kappa shape index (κ3) is 2.72. The molecule has 0 fully saturated rings. The number of hydrogen-bond donors (Lipinski definition) is 3. The van der Waals surface area contributed by atoms with Gasteiger partial charge in [-0.05, 0) is 6.07 Å². The number of hydrogen-bond acceptors (Lipinski definition) is 5. The van der Waals surface area contributed by atoms with Crippen molar-refractivity contribution in [3.63, 3.8) is 0 Å². The van der Waals surface area contributed by atoms with Gasteiger partial charge in [-0.15, -0.1) is 0 Å². The molecule has 0 aliphatic carbocycles. The van der Waals surface area contributed by atoms with Crippen LogP contribution in [0.25, 0.3) is 10.9 Å². The van der Waals surface area contributed by atoms with Gasteiger partial charge in [0, 0.05) is 18.1 Å². The van der Waals surface area contributed by atoms with Crippen molar-refractivity contribution in [2.75, 3.05) is 5.75 Å². The van der Waals surface area contributed by atoms with Crippen molar-refractivity contribution >= 4 is 27.8 Å². The van der Waals surface area contributed by atoms with Crippen LogP contribution in [-0.2, 0) is 4.79 Å². The lowest BCUT2D eigenvalue weighted by atomic mass is 10.1. The van der Waals surface area contributed by atoms with Crippen LogP contribution in [0.15, 0.2) is 24.3 Å². The number of carbonyl (C=O) groups excluding carboxylic acids is 1. The minimum atomic E-state index is -1.08. The number of benzene rings is 1. The molecule has 0 aliphatic heterocycles. The van der Waals surface area contributed by atoms with Gasteiger partial charge in [-0.1, -0.05) is 30.0 Å². The second-order valence-electron chi connectivity index (χ2n) is 3.97. The second-order valence-corrected chi connectivity index (χ2v) is 5.17. The van der Waals surface area contributed by atoms with Gasteiger partial charge in [0.05, 0.1) is 17.3 Å². The fraction of sp³-hybridized carbons (Fsp3) is 0.333. The van der Waals surface area contributed by atoms with Gasteiger partial charge in [0.2, 0.25) is 0 Å². The van der Waals surface area contributed by atoms with E-state index in [-0.39, 0.29) is 10.9 Å². The fourth-order valence-corrected chi connectivity index (χ4v) is 2.28. The summed E-state index contributed by atoms with van der Waals surface area (Å²) in [4.78, 5) is 10.8. The largest absolute Gasteiger partial charge is 0.389 e. The Balaban J connectivity index is 2.17. The van der Waals surface area contributed by atoms with E-state index in [1.54, 1.807) is 0 Å². The van der Waals surface area contributed by atoms with E-state index in [0.717, 1.165) is 22.7 Å². The normalized spacial score (nSPS) is 14.6. The number of aromatic nitrogens is 2. The molecule has 0 saturated heterocycles. The summed E-state index contributed by atoms with van der Waals surface area (Å²) >= 11 is 0.987. The third-order valence-corrected chi connectivity index (χ3v) is 3.52. The molecule has 96 valence electrons. The number of carbonyl (C=O) groups is 1. The summed E-state index contributed by atoms with van der Waals surface area (Å²) in [6.45, 7) is 1.43. The minimum Gasteiger partial charge on any atom is -0.389 e. The zero-order valence-corrected chi connectivity index (χ0v) is 10.6. The van der Waals surface area contributed by atoms with Gasteiger partial charge in [-0.2, -0.15) is 5.10 Å². The number of rotatable bonds is 4. The molecular formula is C12H14N2O3S. The highest BCUT2D eigenvalue weighted by atomic mass is 32.2. The van der Waals surface area contributed by atoms with Crippen molar-refractivity contribution in [3.05, 3.63) is 30.0 Å². The van der Waals surface area contributed by atoms with Gasteiger partial charge in [0.1, 0.15) is 6.10 Å². The summed E-state index contributed by atoms with van der Waals surface area (Å²) in [6, 6.07) is 7.33. The monoisotopic (exact) mass is 266 g/mol. The Bertz CT molecular complexity index is 555. The van der Waals surface area contributed by atoms with Crippen LogP contribution < -0.4 is 0 Å². The summed E-state index contributed by atoms with van der Waals surface area (Å²) in [5, 5.41) is 27.3. The molecule has 1 aromatic carbocycles. The molecule has 2 atom stereocenters. The van der Waals surface area contributed by atoms with E-state index < -0.39 is 12.2 Å². The summed E-state index contributed by atoms with van der Waals surface area (Å²) < 4.78 is 0. The predicted molar refractivity (Wildman–Crippen MR) is 70.2 cm³/mol. The molecule has 2 rings (SSSR count). The Labute approximate surface area is 108 Å². The summed E-state index contributed by atoms with van der Waals surface area (Å²) in [5.41, 5.74) is 1.21. The van der Waals surface area contributed by atoms with Gasteiger partial charge in [0.15, 0.2) is 5.12 Å². The van der Waals surface area contributed by atoms with Crippen molar-refractivity contribution in [2.45, 2.75) is 19.1 Å². The van der Waals surface area contributed by atoms with Crippen molar-refractivity contribution in [1.29, 1.82) is 0 Å². The van der Waals surface area contributed by atoms with Crippen LogP contribution in [0.1, 0.15) is 18.7 Å². The van der Waals surface area contributed by atoms with Gasteiger partial charge < -0.3 is 10.2 Å². The van der Waals surface area contributed by atoms with Crippen LogP contribution in [0, 0.1) is 0 Å². The zero-order chi connectivity index (χ0) is 13.1. The standard InChI is InChI=1S/C12H14N2O3S/c1-7(15)18-6-10(16)12(17)11-8-4-2-3-5-9(8)13-14-11/h2-5,10,12,16-17H,6H2,1H3,(H,13,14). The van der Waals surface area contributed by atoms with E-state index in [1.165, 1.54) is 6.92 Å². The summed E-state index contributed by atoms with van der Waals surface area (Å²) in [6.07, 6.45) is -2.09. The molecule has 0 bridgehead atoms. The van der Waals surface area contributed by atoms with E-state index in [0.29, 0.717) is 5.69 Å². The Hall–Kier alpha value is -1.37. The average molecular weight is 266 g/mol. The van der Waals surface area contributed by atoms with Crippen LogP contribution in [0.4, 0.5) is 0 Å². The molecule has 1 aromatic heterocycles. The van der Waals surface area contributed by atoms with E-state index in [2.05, 4.69) is 10.2 Å². The third-order valence-electron chi connectivity index (χ3n) is 2.61. The van der Waals surface area contributed by atoms with E-state index in [4.69, 9.17) is 0 Å². The SMILES string of the molecule is CC(=O)SCC(O)C(O)c1[nH]nc2ccccc12. The molecule has 0 spiro atoms. The molecule has 2 unspecified atom stereocenters. The first-order valence-corrected chi connectivity index (χ1v) is 6.50. The van der Waals surface area contributed by atoms with E-state index in [1.807, 2.05) is 24.3 Å². The van der Waals surface area contributed by atoms with Crippen molar-refractivity contribution in [1.82, 2.24) is 10.2 Å². The number of nitrogens with zero attached hydrogens (tertiary/aromatic N) is 1. The molecule has 0 amide bonds. The first-order chi connectivity index (χ1) is 8.59. The molecule has 0 saturated carbocycles. The number of aliphatic hydroxyl groups is 2. The first-order valence-electron chi connectivity index (χ1n) is 5.52. The lowest BCUT2D eigenvalue weighted by Gasteiger charge is -2.15. The highest BCUT2D eigenvalue weighted by Gasteiger charge is 2.22. The van der Waals surface area contributed by atoms with E-state index in [9.17, 15) is 15.0 Å². The van der Waals surface area contributed by atoms with Crippen LogP contribution in [0.5, 0.6) is 0 Å². The molecule has 3 N–H and O–H groups in total. The first kappa shape index (κ1) is 13.1. The maximum absolute atomic E-state index is 10.8. The lowest BCUT2D eigenvalue weighted by Crippen LogP contribution is -2.21. The number of aliphatic hydroxyl groups excluding tert-OH is 2. The van der Waals surface area contributed by atoms with Crippen LogP contribution in [0.2, 0.25) is 0 Å². The topological polar surface area (TPSA) is 86.2 Å². The second kappa shape index (κ2) is 5.51. The van der Waals surface area contributed by atoms with E-state index >= 15 is 0 Å². The Morgan fingerprint density at radius 3 is 2.89 bits per heavy atom. The predicted octanol–water partition coefficient (Wildman–Crippen LogP) is 1.24. The molecule has 18 heavy (non-hydrogen) atoms. The number of aromatic amines is 1. The smallest absolute Gasteiger partial charge is 0.185 e. The molecule has 0 radical (unpaired) electrons. The quantitative estimate of drug-likeness (QED) is 0.775. The van der Waals surface area contributed by atoms with Crippen molar-refractivity contribution in [2.24, 2.45) is 0 Å². The Morgan fingerprint density at radius 2 is 2.17 bits per heavy atom. The summed E-state index contributed by atoms with van der Waals surface area (Å²) in [7, 11) is 0. The Morgan fingerprint density at radius 1 is 1.44 bits per heavy atom. The van der Waals surface area contributed by atoms with Crippen LogP contribution in [0.3, 0.4) is 0 Å². The van der Waals surface area contributed by atoms with Gasteiger partial charge in [-0.3, -0.25) is 9.89 Å². The average Bonchev–Trinajstić information content (AvgIpc) is 2.78. The highest BCUT2D eigenvalue weighted by Crippen LogP contribution is 2.25. The number of nitrogens with one attached hydrogen (secondary N) is 1. The maximum atomic E-state index is 10.8. The molecule has 5 nitrogen and oxygen atoms in total. The maximum Gasteiger partial charge on any atom is 0.185 e. The van der Waals surface area contributed by atoms with Crippen molar-refractivity contribution in [3.8, 4) is 0 Å². The van der Waals surface area contributed by atoms with Gasteiger partial charge in [0.25, 0.3) is 0 Å². The van der Waals surface area contributed by atoms with Crippen LogP contribution >= 0.6 is 11.8 Å².